The van der Waals surface area contributed by atoms with Crippen LogP contribution in [0.1, 0.15) is 50.5 Å². The maximum Gasteiger partial charge on any atom is 0.240 e. The second-order valence-corrected chi connectivity index (χ2v) is 9.13. The van der Waals surface area contributed by atoms with E-state index < -0.39 is 10.0 Å². The van der Waals surface area contributed by atoms with E-state index in [-0.39, 0.29) is 18.5 Å². The number of benzene rings is 1. The van der Waals surface area contributed by atoms with Crippen molar-refractivity contribution < 1.29 is 13.2 Å². The number of anilines is 1. The molecule has 0 spiro atoms. The van der Waals surface area contributed by atoms with E-state index >= 15 is 0 Å². The molecule has 1 aliphatic rings. The van der Waals surface area contributed by atoms with Crippen molar-refractivity contribution in [3.05, 3.63) is 28.8 Å². The average molecular weight is 387 g/mol. The van der Waals surface area contributed by atoms with Crippen LogP contribution in [0.15, 0.2) is 18.2 Å². The number of amides is 1. The number of hydrogen-bond donors (Lipinski definition) is 1. The molecule has 140 valence electrons. The van der Waals surface area contributed by atoms with Gasteiger partial charge < -0.3 is 5.32 Å². The highest BCUT2D eigenvalue weighted by Crippen LogP contribution is 2.25. The van der Waals surface area contributed by atoms with Gasteiger partial charge in [0, 0.05) is 11.1 Å². The van der Waals surface area contributed by atoms with E-state index in [1.54, 1.807) is 18.2 Å². The second-order valence-electron chi connectivity index (χ2n) is 6.81. The van der Waals surface area contributed by atoms with Gasteiger partial charge in [0.25, 0.3) is 0 Å². The second kappa shape index (κ2) is 8.90. The van der Waals surface area contributed by atoms with Crippen molar-refractivity contribution >= 4 is 33.2 Å². The quantitative estimate of drug-likeness (QED) is 0.839. The van der Waals surface area contributed by atoms with Crippen LogP contribution in [0.25, 0.3) is 0 Å². The van der Waals surface area contributed by atoms with Gasteiger partial charge in [-0.3, -0.25) is 9.10 Å². The summed E-state index contributed by atoms with van der Waals surface area (Å²) in [5.41, 5.74) is 1.27. The molecule has 0 aliphatic heterocycles. The largest absolute Gasteiger partial charge is 0.352 e. The first-order chi connectivity index (χ1) is 11.8. The summed E-state index contributed by atoms with van der Waals surface area (Å²) in [7, 11) is -3.58. The first-order valence-electron chi connectivity index (χ1n) is 8.80. The van der Waals surface area contributed by atoms with Crippen LogP contribution in [-0.2, 0) is 14.8 Å². The van der Waals surface area contributed by atoms with Gasteiger partial charge in [-0.25, -0.2) is 8.42 Å². The van der Waals surface area contributed by atoms with Crippen molar-refractivity contribution in [2.75, 3.05) is 17.1 Å². The molecule has 0 radical (unpaired) electrons. The van der Waals surface area contributed by atoms with Crippen molar-refractivity contribution in [3.8, 4) is 0 Å². The normalized spacial score (nSPS) is 16.8. The molecule has 0 aromatic heterocycles. The summed E-state index contributed by atoms with van der Waals surface area (Å²) in [6, 6.07) is 5.14. The van der Waals surface area contributed by atoms with E-state index in [1.807, 2.05) is 6.92 Å². The molecule has 1 N–H and O–H groups in total. The Morgan fingerprint density at radius 2 is 1.80 bits per heavy atom. The Kier molecular flexibility index (Phi) is 7.14. The van der Waals surface area contributed by atoms with Gasteiger partial charge in [0.15, 0.2) is 0 Å². The van der Waals surface area contributed by atoms with Crippen LogP contribution in [-0.4, -0.2) is 33.2 Å². The van der Waals surface area contributed by atoms with Crippen molar-refractivity contribution in [1.82, 2.24) is 5.32 Å². The number of hydrogen-bond acceptors (Lipinski definition) is 3. The number of halogens is 1. The van der Waals surface area contributed by atoms with Crippen LogP contribution >= 0.6 is 11.6 Å². The molecule has 1 aliphatic carbocycles. The zero-order valence-corrected chi connectivity index (χ0v) is 16.5. The van der Waals surface area contributed by atoms with Gasteiger partial charge in [-0.05, 0) is 37.5 Å². The lowest BCUT2D eigenvalue weighted by atomic mass is 9.97. The summed E-state index contributed by atoms with van der Waals surface area (Å²) in [4.78, 5) is 12.4. The number of rotatable bonds is 5. The maximum absolute atomic E-state index is 12.4. The Hall–Kier alpha value is -1.27. The third kappa shape index (κ3) is 6.19. The summed E-state index contributed by atoms with van der Waals surface area (Å²) in [6.07, 6.45) is 8.89. The van der Waals surface area contributed by atoms with Gasteiger partial charge in [-0.2, -0.15) is 0 Å². The lowest BCUT2D eigenvalue weighted by Gasteiger charge is -2.25. The van der Waals surface area contributed by atoms with E-state index in [0.717, 1.165) is 41.8 Å². The summed E-state index contributed by atoms with van der Waals surface area (Å²) >= 11 is 6.11. The molecule has 2 rings (SSSR count). The predicted molar refractivity (Wildman–Crippen MR) is 103 cm³/mol. The molecule has 0 bridgehead atoms. The molecule has 0 atom stereocenters. The highest BCUT2D eigenvalue weighted by Gasteiger charge is 2.23. The Morgan fingerprint density at radius 1 is 1.20 bits per heavy atom. The Labute approximate surface area is 155 Å². The third-order valence-electron chi connectivity index (χ3n) is 4.60. The molecule has 25 heavy (non-hydrogen) atoms. The van der Waals surface area contributed by atoms with Gasteiger partial charge in [0.05, 0.1) is 11.9 Å². The van der Waals surface area contributed by atoms with Crippen molar-refractivity contribution in [2.45, 2.75) is 57.9 Å². The zero-order valence-electron chi connectivity index (χ0n) is 14.9. The van der Waals surface area contributed by atoms with Crippen LogP contribution in [0, 0.1) is 6.92 Å². The molecule has 0 unspecified atom stereocenters. The molecule has 0 saturated heterocycles. The number of nitrogens with one attached hydrogen (secondary N) is 1. The molecule has 1 aromatic carbocycles. The predicted octanol–water partition coefficient (Wildman–Crippen LogP) is 3.64. The Bertz CT molecular complexity index is 698. The standard InChI is InChI=1S/C18H27ClN2O3S/c1-14-10-11-16(12-17(14)19)21(25(2,23)24)13-18(22)20-15-8-6-4-3-5-7-9-15/h10-12,15H,3-9,13H2,1-2H3,(H,20,22). The number of carbonyl (C=O) groups excluding carboxylic acids is 1. The van der Waals surface area contributed by atoms with Gasteiger partial charge in [0.2, 0.25) is 15.9 Å². The van der Waals surface area contributed by atoms with Crippen LogP contribution in [0.4, 0.5) is 5.69 Å². The SMILES string of the molecule is Cc1ccc(N(CC(=O)NC2CCCCCCC2)S(C)(=O)=O)cc1Cl. The molecule has 7 heteroatoms. The lowest BCUT2D eigenvalue weighted by Crippen LogP contribution is -2.44. The summed E-state index contributed by atoms with van der Waals surface area (Å²) in [6.45, 7) is 1.62. The minimum absolute atomic E-state index is 0.135. The van der Waals surface area contributed by atoms with E-state index in [0.29, 0.717) is 10.7 Å². The molecule has 1 fully saturated rings. The van der Waals surface area contributed by atoms with Crippen LogP contribution in [0.3, 0.4) is 0 Å². The van der Waals surface area contributed by atoms with Crippen LogP contribution in [0.5, 0.6) is 0 Å². The van der Waals surface area contributed by atoms with Crippen molar-refractivity contribution in [3.63, 3.8) is 0 Å². The molecular weight excluding hydrogens is 360 g/mol. The number of aryl methyl sites for hydroxylation is 1. The summed E-state index contributed by atoms with van der Waals surface area (Å²) < 4.78 is 25.4. The number of nitrogens with zero attached hydrogens (tertiary/aromatic N) is 1. The highest BCUT2D eigenvalue weighted by molar-refractivity contribution is 7.92. The van der Waals surface area contributed by atoms with Gasteiger partial charge >= 0.3 is 0 Å². The fraction of sp³-hybridized carbons (Fsp3) is 0.611. The minimum Gasteiger partial charge on any atom is -0.352 e. The van der Waals surface area contributed by atoms with E-state index in [9.17, 15) is 13.2 Å². The zero-order chi connectivity index (χ0) is 18.4. The molecule has 1 aromatic rings. The molecule has 0 heterocycles. The fourth-order valence-electron chi connectivity index (χ4n) is 3.14. The van der Waals surface area contributed by atoms with Gasteiger partial charge in [0.1, 0.15) is 6.54 Å². The molecule has 5 nitrogen and oxygen atoms in total. The van der Waals surface area contributed by atoms with Crippen molar-refractivity contribution in [2.24, 2.45) is 0 Å². The first kappa shape index (κ1) is 20.0. The minimum atomic E-state index is -3.58. The number of carbonyl (C=O) groups is 1. The van der Waals surface area contributed by atoms with Crippen molar-refractivity contribution in [1.29, 1.82) is 0 Å². The third-order valence-corrected chi connectivity index (χ3v) is 6.15. The molecule has 1 saturated carbocycles. The Morgan fingerprint density at radius 3 is 2.36 bits per heavy atom. The van der Waals surface area contributed by atoms with E-state index in [2.05, 4.69) is 5.32 Å². The fourth-order valence-corrected chi connectivity index (χ4v) is 4.16. The van der Waals surface area contributed by atoms with E-state index in [4.69, 9.17) is 11.6 Å². The first-order valence-corrected chi connectivity index (χ1v) is 11.0. The number of sulfonamides is 1. The Balaban J connectivity index is 2.08. The van der Waals surface area contributed by atoms with E-state index in [1.165, 1.54) is 19.3 Å². The van der Waals surface area contributed by atoms with Crippen LogP contribution < -0.4 is 9.62 Å². The smallest absolute Gasteiger partial charge is 0.240 e. The summed E-state index contributed by atoms with van der Waals surface area (Å²) in [5.74, 6) is -0.271. The maximum atomic E-state index is 12.4. The van der Waals surface area contributed by atoms with Crippen LogP contribution in [0.2, 0.25) is 5.02 Å². The highest BCUT2D eigenvalue weighted by atomic mass is 35.5. The topological polar surface area (TPSA) is 66.5 Å². The van der Waals surface area contributed by atoms with Gasteiger partial charge in [-0.15, -0.1) is 0 Å². The van der Waals surface area contributed by atoms with Gasteiger partial charge in [-0.1, -0.05) is 49.8 Å². The molecule has 1 amide bonds. The molecular formula is C18H27ClN2O3S. The summed E-state index contributed by atoms with van der Waals surface area (Å²) in [5, 5.41) is 3.49. The lowest BCUT2D eigenvalue weighted by molar-refractivity contribution is -0.120. The average Bonchev–Trinajstić information content (AvgIpc) is 2.49. The monoisotopic (exact) mass is 386 g/mol.